The third-order valence-electron chi connectivity index (χ3n) is 4.80. The lowest BCUT2D eigenvalue weighted by Crippen LogP contribution is -2.36. The second-order valence-corrected chi connectivity index (χ2v) is 7.32. The number of piperidine rings is 1. The molecule has 2 bridgehead atoms. The van der Waals surface area contributed by atoms with E-state index in [1.807, 2.05) is 19.1 Å². The third-order valence-corrected chi connectivity index (χ3v) is 5.70. The van der Waals surface area contributed by atoms with Crippen molar-refractivity contribution in [1.82, 2.24) is 4.98 Å². The molecule has 110 valence electrons. The van der Waals surface area contributed by atoms with Gasteiger partial charge in [-0.05, 0) is 50.2 Å². The predicted molar refractivity (Wildman–Crippen MR) is 87.0 cm³/mol. The smallest absolute Gasteiger partial charge is 0.185 e. The number of phenolic OH excluding ortho intramolecular Hbond substituents is 1. The molecule has 2 fully saturated rings. The molecule has 1 saturated carbocycles. The molecule has 1 saturated heterocycles. The summed E-state index contributed by atoms with van der Waals surface area (Å²) in [4.78, 5) is 7.24. The van der Waals surface area contributed by atoms with Crippen molar-refractivity contribution in [3.63, 3.8) is 0 Å². The Balaban J connectivity index is 1.62. The van der Waals surface area contributed by atoms with E-state index in [-0.39, 0.29) is 0 Å². The van der Waals surface area contributed by atoms with E-state index in [0.717, 1.165) is 46.9 Å². The molecular weight excluding hydrogens is 280 g/mol. The van der Waals surface area contributed by atoms with Gasteiger partial charge in [-0.25, -0.2) is 4.98 Å². The number of fused-ring (bicyclic) bond motifs is 2. The van der Waals surface area contributed by atoms with Crippen molar-refractivity contribution in [2.45, 2.75) is 26.2 Å². The molecule has 0 spiro atoms. The number of hydrogen-bond acceptors (Lipinski definition) is 4. The summed E-state index contributed by atoms with van der Waals surface area (Å²) in [6, 6.07) is 5.69. The molecule has 0 amide bonds. The normalized spacial score (nSPS) is 24.5. The maximum atomic E-state index is 10.1. The molecule has 2 aromatic rings. The summed E-state index contributed by atoms with van der Waals surface area (Å²) in [6.45, 7) is 4.35. The van der Waals surface area contributed by atoms with Gasteiger partial charge in [0.1, 0.15) is 5.75 Å². The Kier molecular flexibility index (Phi) is 3.14. The Bertz CT molecular complexity index is 655. The zero-order valence-electron chi connectivity index (χ0n) is 12.2. The average molecular weight is 300 g/mol. The lowest BCUT2D eigenvalue weighted by molar-refractivity contribution is 0.421. The maximum Gasteiger partial charge on any atom is 0.185 e. The number of thiazole rings is 1. The first-order chi connectivity index (χ1) is 10.2. The average Bonchev–Trinajstić information content (AvgIpc) is 3.08. The highest BCUT2D eigenvalue weighted by atomic mass is 32.1. The molecule has 4 rings (SSSR count). The maximum absolute atomic E-state index is 10.1. The van der Waals surface area contributed by atoms with Crippen LogP contribution in [-0.2, 0) is 0 Å². The minimum atomic E-state index is 0.316. The van der Waals surface area contributed by atoms with E-state index < -0.39 is 0 Å². The van der Waals surface area contributed by atoms with Crippen LogP contribution in [0.1, 0.15) is 24.8 Å². The van der Waals surface area contributed by atoms with Crippen molar-refractivity contribution >= 4 is 16.5 Å². The molecule has 1 aromatic heterocycles. The summed E-state index contributed by atoms with van der Waals surface area (Å²) in [5.41, 5.74) is 2.89. The van der Waals surface area contributed by atoms with Gasteiger partial charge in [0, 0.05) is 24.0 Å². The molecule has 1 aliphatic heterocycles. The molecule has 2 heterocycles. The fraction of sp³-hybridized carbons (Fsp3) is 0.471. The molecule has 1 aromatic carbocycles. The van der Waals surface area contributed by atoms with Gasteiger partial charge in [0.25, 0.3) is 0 Å². The number of aromatic hydroxyl groups is 1. The number of phenols is 1. The highest BCUT2D eigenvalue weighted by molar-refractivity contribution is 7.14. The van der Waals surface area contributed by atoms with Crippen LogP contribution in [0.4, 0.5) is 5.13 Å². The Morgan fingerprint density at radius 1 is 1.24 bits per heavy atom. The standard InChI is InChI=1S/C17H20N2OS/c1-11-2-5-16(20)14(6-11)15-10-21-17(18-15)19-8-12-3-4-13(7-12)9-19/h2,5-6,10,12-13,20H,3-4,7-9H2,1H3. The zero-order valence-corrected chi connectivity index (χ0v) is 13.1. The molecule has 4 heteroatoms. The summed E-state index contributed by atoms with van der Waals surface area (Å²) in [5, 5.41) is 13.2. The summed E-state index contributed by atoms with van der Waals surface area (Å²) in [7, 11) is 0. The Labute approximate surface area is 129 Å². The minimum Gasteiger partial charge on any atom is -0.507 e. The van der Waals surface area contributed by atoms with E-state index in [1.165, 1.54) is 19.3 Å². The van der Waals surface area contributed by atoms with Gasteiger partial charge in [-0.1, -0.05) is 11.6 Å². The van der Waals surface area contributed by atoms with Crippen LogP contribution < -0.4 is 4.90 Å². The van der Waals surface area contributed by atoms with Crippen molar-refractivity contribution in [2.24, 2.45) is 11.8 Å². The van der Waals surface area contributed by atoms with E-state index in [9.17, 15) is 5.11 Å². The SMILES string of the molecule is Cc1ccc(O)c(-c2csc(N3CC4CCC(C4)C3)n2)c1. The molecule has 3 nitrogen and oxygen atoms in total. The molecule has 1 aliphatic carbocycles. The number of nitrogens with zero attached hydrogens (tertiary/aromatic N) is 2. The first-order valence-electron chi connectivity index (χ1n) is 7.69. The minimum absolute atomic E-state index is 0.316. The van der Waals surface area contributed by atoms with Crippen LogP contribution in [-0.4, -0.2) is 23.2 Å². The Hall–Kier alpha value is -1.55. The lowest BCUT2D eigenvalue weighted by Gasteiger charge is -2.31. The molecule has 2 atom stereocenters. The largest absolute Gasteiger partial charge is 0.507 e. The number of hydrogen-bond donors (Lipinski definition) is 1. The summed E-state index contributed by atoms with van der Waals surface area (Å²) in [6.07, 6.45) is 4.18. The second kappa shape index (κ2) is 5.02. The van der Waals surface area contributed by atoms with E-state index in [2.05, 4.69) is 10.3 Å². The summed E-state index contributed by atoms with van der Waals surface area (Å²) in [5.74, 6) is 2.04. The first-order valence-corrected chi connectivity index (χ1v) is 8.57. The van der Waals surface area contributed by atoms with Gasteiger partial charge in [-0.15, -0.1) is 11.3 Å². The molecule has 2 unspecified atom stereocenters. The fourth-order valence-electron chi connectivity index (χ4n) is 3.75. The molecule has 1 N–H and O–H groups in total. The molecule has 21 heavy (non-hydrogen) atoms. The van der Waals surface area contributed by atoms with Crippen LogP contribution in [0.3, 0.4) is 0 Å². The lowest BCUT2D eigenvalue weighted by atomic mass is 9.99. The zero-order chi connectivity index (χ0) is 14.4. The topological polar surface area (TPSA) is 36.4 Å². The number of anilines is 1. The van der Waals surface area contributed by atoms with Crippen molar-refractivity contribution in [2.75, 3.05) is 18.0 Å². The Morgan fingerprint density at radius 2 is 2.00 bits per heavy atom. The van der Waals surface area contributed by atoms with Gasteiger partial charge in [-0.2, -0.15) is 0 Å². The van der Waals surface area contributed by atoms with Crippen LogP contribution in [0, 0.1) is 18.8 Å². The van der Waals surface area contributed by atoms with E-state index in [1.54, 1.807) is 17.4 Å². The van der Waals surface area contributed by atoms with Crippen molar-refractivity contribution < 1.29 is 5.11 Å². The van der Waals surface area contributed by atoms with Crippen molar-refractivity contribution in [1.29, 1.82) is 0 Å². The van der Waals surface area contributed by atoms with Gasteiger partial charge in [0.15, 0.2) is 5.13 Å². The van der Waals surface area contributed by atoms with Gasteiger partial charge >= 0.3 is 0 Å². The van der Waals surface area contributed by atoms with Crippen LogP contribution in [0.15, 0.2) is 23.6 Å². The molecule has 0 radical (unpaired) electrons. The van der Waals surface area contributed by atoms with E-state index >= 15 is 0 Å². The Morgan fingerprint density at radius 3 is 2.76 bits per heavy atom. The van der Waals surface area contributed by atoms with Gasteiger partial charge in [0.2, 0.25) is 0 Å². The molecule has 2 aliphatic rings. The number of rotatable bonds is 2. The van der Waals surface area contributed by atoms with Crippen LogP contribution in [0.25, 0.3) is 11.3 Å². The first kappa shape index (κ1) is 13.1. The van der Waals surface area contributed by atoms with Gasteiger partial charge < -0.3 is 10.0 Å². The van der Waals surface area contributed by atoms with Crippen molar-refractivity contribution in [3.8, 4) is 17.0 Å². The second-order valence-electron chi connectivity index (χ2n) is 6.49. The highest BCUT2D eigenvalue weighted by Crippen LogP contribution is 2.40. The van der Waals surface area contributed by atoms with Crippen LogP contribution >= 0.6 is 11.3 Å². The number of aromatic nitrogens is 1. The highest BCUT2D eigenvalue weighted by Gasteiger charge is 2.33. The quantitative estimate of drug-likeness (QED) is 0.908. The van der Waals surface area contributed by atoms with Crippen molar-refractivity contribution in [3.05, 3.63) is 29.1 Å². The van der Waals surface area contributed by atoms with Crippen LogP contribution in [0.5, 0.6) is 5.75 Å². The third kappa shape index (κ3) is 2.42. The van der Waals surface area contributed by atoms with Crippen LogP contribution in [0.2, 0.25) is 0 Å². The summed E-state index contributed by atoms with van der Waals surface area (Å²) >= 11 is 1.70. The van der Waals surface area contributed by atoms with E-state index in [4.69, 9.17) is 4.98 Å². The number of aryl methyl sites for hydroxylation is 1. The predicted octanol–water partition coefficient (Wildman–Crippen LogP) is 4.06. The monoisotopic (exact) mass is 300 g/mol. The molecular formula is C17H20N2OS. The van der Waals surface area contributed by atoms with Gasteiger partial charge in [0.05, 0.1) is 5.69 Å². The number of benzene rings is 1. The van der Waals surface area contributed by atoms with E-state index in [0.29, 0.717) is 5.75 Å². The fourth-order valence-corrected chi connectivity index (χ4v) is 4.60. The van der Waals surface area contributed by atoms with Gasteiger partial charge in [-0.3, -0.25) is 0 Å². The summed E-state index contributed by atoms with van der Waals surface area (Å²) < 4.78 is 0.